The number of hydrogen-bond donors (Lipinski definition) is 1. The molecule has 0 aliphatic heterocycles. The van der Waals surface area contributed by atoms with Crippen molar-refractivity contribution >= 4 is 5.78 Å². The number of carbonyl (C=O) groups is 1. The van der Waals surface area contributed by atoms with E-state index in [4.69, 9.17) is 5.73 Å². The normalized spacial score (nSPS) is 12.1. The Labute approximate surface area is 93.2 Å². The molecule has 0 spiro atoms. The Balaban J connectivity index is 2.24. The van der Waals surface area contributed by atoms with Gasteiger partial charge in [0, 0.05) is 12.4 Å². The largest absolute Gasteiger partial charge is 0.318 e. The molecule has 0 aliphatic rings. The van der Waals surface area contributed by atoms with E-state index in [0.29, 0.717) is 5.56 Å². The Kier molecular flexibility index (Phi) is 3.03. The first-order valence-electron chi connectivity index (χ1n) is 4.89. The van der Waals surface area contributed by atoms with Gasteiger partial charge in [0.1, 0.15) is 6.33 Å². The summed E-state index contributed by atoms with van der Waals surface area (Å²) in [4.78, 5) is 19.5. The quantitative estimate of drug-likeness (QED) is 0.781. The number of Topliss-reactive ketones (excluding diaryl/α,β-unsaturated/α-hetero) is 1. The van der Waals surface area contributed by atoms with E-state index in [0.717, 1.165) is 5.56 Å². The average molecular weight is 213 g/mol. The molecule has 0 fully saturated rings. The second-order valence-electron chi connectivity index (χ2n) is 3.38. The van der Waals surface area contributed by atoms with Crippen LogP contribution >= 0.6 is 0 Å². The van der Waals surface area contributed by atoms with Crippen LogP contribution in [-0.2, 0) is 0 Å². The number of nitrogens with two attached hydrogens (primary N) is 1. The van der Waals surface area contributed by atoms with E-state index < -0.39 is 6.04 Å². The van der Waals surface area contributed by atoms with Crippen molar-refractivity contribution in [3.05, 3.63) is 60.2 Å². The lowest BCUT2D eigenvalue weighted by Gasteiger charge is -2.09. The van der Waals surface area contributed by atoms with Crippen molar-refractivity contribution in [3.63, 3.8) is 0 Å². The summed E-state index contributed by atoms with van der Waals surface area (Å²) in [5.74, 6) is -0.174. The molecule has 80 valence electrons. The van der Waals surface area contributed by atoms with E-state index in [-0.39, 0.29) is 5.78 Å². The average Bonchev–Trinajstić information content (AvgIpc) is 2.39. The van der Waals surface area contributed by atoms with Crippen LogP contribution in [0.25, 0.3) is 0 Å². The van der Waals surface area contributed by atoms with Crippen molar-refractivity contribution < 1.29 is 4.79 Å². The zero-order valence-electron chi connectivity index (χ0n) is 8.58. The molecule has 1 unspecified atom stereocenters. The fourth-order valence-corrected chi connectivity index (χ4v) is 1.42. The van der Waals surface area contributed by atoms with Crippen molar-refractivity contribution in [1.82, 2.24) is 9.97 Å². The summed E-state index contributed by atoms with van der Waals surface area (Å²) in [5, 5.41) is 0. The van der Waals surface area contributed by atoms with E-state index in [1.807, 2.05) is 30.3 Å². The van der Waals surface area contributed by atoms with E-state index in [1.54, 1.807) is 0 Å². The fraction of sp³-hybridized carbons (Fsp3) is 0.0833. The third kappa shape index (κ3) is 2.12. The molecule has 0 aliphatic carbocycles. The number of carbonyl (C=O) groups excluding carboxylic acids is 1. The number of aromatic nitrogens is 2. The van der Waals surface area contributed by atoms with Crippen molar-refractivity contribution in [1.29, 1.82) is 0 Å². The van der Waals surface area contributed by atoms with Crippen LogP contribution in [0.15, 0.2) is 49.1 Å². The highest BCUT2D eigenvalue weighted by Crippen LogP contribution is 2.14. The molecule has 0 amide bonds. The molecule has 0 saturated carbocycles. The molecular weight excluding hydrogens is 202 g/mol. The van der Waals surface area contributed by atoms with Gasteiger partial charge >= 0.3 is 0 Å². The molecular formula is C12H11N3O. The molecule has 2 rings (SSSR count). The van der Waals surface area contributed by atoms with Crippen molar-refractivity contribution in [2.75, 3.05) is 0 Å². The van der Waals surface area contributed by atoms with Gasteiger partial charge < -0.3 is 5.73 Å². The minimum atomic E-state index is -0.660. The van der Waals surface area contributed by atoms with Crippen LogP contribution in [0.3, 0.4) is 0 Å². The number of benzene rings is 1. The summed E-state index contributed by atoms with van der Waals surface area (Å²) < 4.78 is 0. The molecule has 0 radical (unpaired) electrons. The number of hydrogen-bond acceptors (Lipinski definition) is 4. The third-order valence-electron chi connectivity index (χ3n) is 2.29. The summed E-state index contributed by atoms with van der Waals surface area (Å²) >= 11 is 0. The number of rotatable bonds is 3. The van der Waals surface area contributed by atoms with Crippen LogP contribution < -0.4 is 5.73 Å². The summed E-state index contributed by atoms with van der Waals surface area (Å²) in [6, 6.07) is 8.58. The summed E-state index contributed by atoms with van der Waals surface area (Å²) in [5.41, 5.74) is 7.08. The van der Waals surface area contributed by atoms with Crippen LogP contribution in [0.4, 0.5) is 0 Å². The van der Waals surface area contributed by atoms with Gasteiger partial charge in [0.15, 0.2) is 5.78 Å². The van der Waals surface area contributed by atoms with Crippen molar-refractivity contribution in [2.45, 2.75) is 6.04 Å². The molecule has 1 atom stereocenters. The molecule has 0 saturated heterocycles. The SMILES string of the molecule is NC(C(=O)c1cncnc1)c1ccccc1. The van der Waals surface area contributed by atoms with Gasteiger partial charge in [-0.3, -0.25) is 4.79 Å². The minimum absolute atomic E-state index is 0.174. The van der Waals surface area contributed by atoms with Gasteiger partial charge in [0.2, 0.25) is 0 Å². The van der Waals surface area contributed by atoms with Gasteiger partial charge in [-0.05, 0) is 5.56 Å². The Morgan fingerprint density at radius 3 is 2.38 bits per heavy atom. The molecule has 1 aromatic heterocycles. The molecule has 2 aromatic rings. The lowest BCUT2D eigenvalue weighted by molar-refractivity contribution is 0.0960. The van der Waals surface area contributed by atoms with Crippen LogP contribution in [-0.4, -0.2) is 15.8 Å². The van der Waals surface area contributed by atoms with Crippen LogP contribution in [0.2, 0.25) is 0 Å². The second kappa shape index (κ2) is 4.63. The van der Waals surface area contributed by atoms with Gasteiger partial charge in [-0.1, -0.05) is 30.3 Å². The first kappa shape index (κ1) is 10.4. The van der Waals surface area contributed by atoms with Crippen molar-refractivity contribution in [2.24, 2.45) is 5.73 Å². The zero-order valence-corrected chi connectivity index (χ0v) is 8.58. The van der Waals surface area contributed by atoms with Gasteiger partial charge in [0.05, 0.1) is 11.6 Å². The van der Waals surface area contributed by atoms with E-state index in [1.165, 1.54) is 18.7 Å². The predicted molar refractivity (Wildman–Crippen MR) is 59.7 cm³/mol. The Morgan fingerprint density at radius 2 is 1.75 bits per heavy atom. The molecule has 2 N–H and O–H groups in total. The molecule has 0 bridgehead atoms. The van der Waals surface area contributed by atoms with Crippen LogP contribution in [0.1, 0.15) is 22.0 Å². The molecule has 4 nitrogen and oxygen atoms in total. The van der Waals surface area contributed by atoms with Gasteiger partial charge in [-0.2, -0.15) is 0 Å². The lowest BCUT2D eigenvalue weighted by atomic mass is 10.0. The smallest absolute Gasteiger partial charge is 0.187 e. The predicted octanol–water partition coefficient (Wildman–Crippen LogP) is 1.36. The maximum atomic E-state index is 11.9. The van der Waals surface area contributed by atoms with E-state index in [2.05, 4.69) is 9.97 Å². The van der Waals surface area contributed by atoms with E-state index in [9.17, 15) is 4.79 Å². The van der Waals surface area contributed by atoms with Crippen molar-refractivity contribution in [3.8, 4) is 0 Å². The highest BCUT2D eigenvalue weighted by molar-refractivity contribution is 6.00. The first-order chi connectivity index (χ1) is 7.79. The number of ketones is 1. The number of nitrogens with zero attached hydrogens (tertiary/aromatic N) is 2. The fourth-order valence-electron chi connectivity index (χ4n) is 1.42. The molecule has 1 heterocycles. The molecule has 16 heavy (non-hydrogen) atoms. The van der Waals surface area contributed by atoms with Crippen LogP contribution in [0, 0.1) is 0 Å². The van der Waals surface area contributed by atoms with Gasteiger partial charge in [-0.25, -0.2) is 9.97 Å². The second-order valence-corrected chi connectivity index (χ2v) is 3.38. The first-order valence-corrected chi connectivity index (χ1v) is 4.89. The highest BCUT2D eigenvalue weighted by atomic mass is 16.1. The maximum absolute atomic E-state index is 11.9. The summed E-state index contributed by atoms with van der Waals surface area (Å²) in [7, 11) is 0. The summed E-state index contributed by atoms with van der Waals surface area (Å²) in [6.07, 6.45) is 4.32. The zero-order chi connectivity index (χ0) is 11.4. The maximum Gasteiger partial charge on any atom is 0.187 e. The third-order valence-corrected chi connectivity index (χ3v) is 2.29. The highest BCUT2D eigenvalue weighted by Gasteiger charge is 2.17. The van der Waals surface area contributed by atoms with E-state index >= 15 is 0 Å². The standard InChI is InChI=1S/C12H11N3O/c13-11(9-4-2-1-3-5-9)12(16)10-6-14-8-15-7-10/h1-8,11H,13H2. The van der Waals surface area contributed by atoms with Crippen LogP contribution in [0.5, 0.6) is 0 Å². The lowest BCUT2D eigenvalue weighted by Crippen LogP contribution is -2.21. The minimum Gasteiger partial charge on any atom is -0.318 e. The Morgan fingerprint density at radius 1 is 1.12 bits per heavy atom. The topological polar surface area (TPSA) is 68.9 Å². The Bertz CT molecular complexity index is 470. The Hall–Kier alpha value is -2.07. The summed E-state index contributed by atoms with van der Waals surface area (Å²) in [6.45, 7) is 0. The molecule has 1 aromatic carbocycles. The molecule has 4 heteroatoms. The van der Waals surface area contributed by atoms with Gasteiger partial charge in [-0.15, -0.1) is 0 Å². The monoisotopic (exact) mass is 213 g/mol. The van der Waals surface area contributed by atoms with Gasteiger partial charge in [0.25, 0.3) is 0 Å².